The SMILES string of the molecule is CCC[C@@H](C(=O)N([O-])[C@H](C=NC(C)C)CC1CCCCC1)N(C(=O)CC(C)C)C(=O)[C@@H](N)Cc1ccccc1. The summed E-state index contributed by atoms with van der Waals surface area (Å²) in [4.78, 5) is 46.4. The molecule has 0 unspecified atom stereocenters. The van der Waals surface area contributed by atoms with Gasteiger partial charge in [-0.2, -0.15) is 0 Å². The monoisotopic (exact) mass is 541 g/mol. The summed E-state index contributed by atoms with van der Waals surface area (Å²) in [5.41, 5.74) is 7.18. The maximum absolute atomic E-state index is 13.8. The average molecular weight is 542 g/mol. The van der Waals surface area contributed by atoms with Crippen molar-refractivity contribution < 1.29 is 14.4 Å². The number of nitrogens with two attached hydrogens (primary N) is 1. The fourth-order valence-electron chi connectivity index (χ4n) is 5.23. The molecule has 1 saturated carbocycles. The molecule has 3 amide bonds. The van der Waals surface area contributed by atoms with Gasteiger partial charge in [-0.3, -0.25) is 24.3 Å². The fourth-order valence-corrected chi connectivity index (χ4v) is 5.23. The van der Waals surface area contributed by atoms with Crippen LogP contribution in [0.1, 0.15) is 98.0 Å². The van der Waals surface area contributed by atoms with Crippen LogP contribution in [-0.4, -0.2) is 58.1 Å². The summed E-state index contributed by atoms with van der Waals surface area (Å²) >= 11 is 0. The Balaban J connectivity index is 2.37. The first-order valence-corrected chi connectivity index (χ1v) is 14.7. The summed E-state index contributed by atoms with van der Waals surface area (Å²) in [6.07, 6.45) is 8.63. The Morgan fingerprint density at radius 3 is 2.26 bits per heavy atom. The van der Waals surface area contributed by atoms with Crippen molar-refractivity contribution in [3.63, 3.8) is 0 Å². The van der Waals surface area contributed by atoms with Gasteiger partial charge in [0, 0.05) is 18.7 Å². The maximum Gasteiger partial charge on any atom is 0.247 e. The lowest BCUT2D eigenvalue weighted by atomic mass is 9.85. The number of carbonyl (C=O) groups is 3. The van der Waals surface area contributed by atoms with E-state index in [2.05, 4.69) is 4.99 Å². The van der Waals surface area contributed by atoms with Crippen LogP contribution in [0.4, 0.5) is 0 Å². The number of hydroxylamine groups is 2. The van der Waals surface area contributed by atoms with Crippen molar-refractivity contribution in [3.8, 4) is 0 Å². The van der Waals surface area contributed by atoms with Crippen molar-refractivity contribution in [1.82, 2.24) is 9.96 Å². The molecule has 0 heterocycles. The van der Waals surface area contributed by atoms with Gasteiger partial charge in [-0.1, -0.05) is 89.6 Å². The molecule has 8 nitrogen and oxygen atoms in total. The molecule has 0 aromatic heterocycles. The third-order valence-electron chi connectivity index (χ3n) is 7.24. The third-order valence-corrected chi connectivity index (χ3v) is 7.24. The van der Waals surface area contributed by atoms with E-state index < -0.39 is 35.8 Å². The van der Waals surface area contributed by atoms with E-state index in [0.29, 0.717) is 23.8 Å². The van der Waals surface area contributed by atoms with Crippen LogP contribution in [0, 0.1) is 17.0 Å². The highest BCUT2D eigenvalue weighted by atomic mass is 16.5. The van der Waals surface area contributed by atoms with Gasteiger partial charge in [0.05, 0.1) is 12.1 Å². The standard InChI is InChI=1S/C31H49N4O4/c1-6-13-28(31(38)35(39)26(21-33-23(4)5)19-24-14-9-7-10-15-24)34(29(36)18-22(2)3)30(37)27(32)20-25-16-11-8-12-17-25/h8,11-12,16-17,21-24,26-28H,6-7,9-10,13-15,18-20,32H2,1-5H3/q-1/t26-,27-,28-/m0/s1. The molecule has 1 aromatic rings. The number of hydrogen-bond acceptors (Lipinski definition) is 6. The van der Waals surface area contributed by atoms with Crippen molar-refractivity contribution in [2.24, 2.45) is 22.6 Å². The molecule has 2 rings (SSSR count). The Labute approximate surface area is 235 Å². The summed E-state index contributed by atoms with van der Waals surface area (Å²) in [6, 6.07) is 6.35. The van der Waals surface area contributed by atoms with Gasteiger partial charge in [0.15, 0.2) is 0 Å². The van der Waals surface area contributed by atoms with Crippen molar-refractivity contribution in [1.29, 1.82) is 0 Å². The molecule has 1 fully saturated rings. The molecule has 0 saturated heterocycles. The van der Waals surface area contributed by atoms with Crippen molar-refractivity contribution in [3.05, 3.63) is 41.1 Å². The number of imide groups is 1. The van der Waals surface area contributed by atoms with E-state index >= 15 is 0 Å². The molecule has 0 radical (unpaired) electrons. The van der Waals surface area contributed by atoms with E-state index in [1.165, 1.54) is 6.42 Å². The molecule has 8 heteroatoms. The van der Waals surface area contributed by atoms with Crippen LogP contribution in [0.25, 0.3) is 0 Å². The second kappa shape index (κ2) is 16.5. The Morgan fingerprint density at radius 2 is 1.69 bits per heavy atom. The van der Waals surface area contributed by atoms with Gasteiger partial charge < -0.3 is 16.0 Å². The summed E-state index contributed by atoms with van der Waals surface area (Å²) in [6.45, 7) is 9.47. The molecule has 0 aliphatic heterocycles. The number of rotatable bonds is 14. The first kappa shape index (κ1) is 32.6. The summed E-state index contributed by atoms with van der Waals surface area (Å²) in [5, 5.41) is 14.2. The lowest BCUT2D eigenvalue weighted by Gasteiger charge is -2.42. The van der Waals surface area contributed by atoms with E-state index in [9.17, 15) is 19.6 Å². The second-order valence-electron chi connectivity index (χ2n) is 11.7. The predicted molar refractivity (Wildman–Crippen MR) is 157 cm³/mol. The Hall–Kier alpha value is -2.58. The third kappa shape index (κ3) is 10.5. The summed E-state index contributed by atoms with van der Waals surface area (Å²) in [7, 11) is 0. The van der Waals surface area contributed by atoms with Crippen molar-refractivity contribution in [2.45, 2.75) is 123 Å². The van der Waals surface area contributed by atoms with E-state index in [0.717, 1.165) is 36.1 Å². The van der Waals surface area contributed by atoms with Crippen molar-refractivity contribution >= 4 is 23.9 Å². The number of amides is 3. The number of aliphatic imine (C=N–C) groups is 1. The van der Waals surface area contributed by atoms with Crippen LogP contribution in [0.3, 0.4) is 0 Å². The molecule has 0 spiro atoms. The van der Waals surface area contributed by atoms with E-state index in [1.807, 2.05) is 65.0 Å². The minimum atomic E-state index is -1.20. The molecule has 1 aliphatic carbocycles. The van der Waals surface area contributed by atoms with E-state index in [4.69, 9.17) is 5.73 Å². The number of hydrogen-bond donors (Lipinski definition) is 1. The van der Waals surface area contributed by atoms with Crippen LogP contribution >= 0.6 is 0 Å². The first-order valence-electron chi connectivity index (χ1n) is 14.7. The minimum Gasteiger partial charge on any atom is -0.756 e. The minimum absolute atomic E-state index is 0.0181. The van der Waals surface area contributed by atoms with Crippen LogP contribution < -0.4 is 5.73 Å². The molecule has 1 aromatic carbocycles. The molecule has 39 heavy (non-hydrogen) atoms. The number of benzene rings is 1. The van der Waals surface area contributed by atoms with Crippen LogP contribution in [-0.2, 0) is 20.8 Å². The zero-order valence-electron chi connectivity index (χ0n) is 24.6. The molecule has 2 N–H and O–H groups in total. The quantitative estimate of drug-likeness (QED) is 0.254. The molecular weight excluding hydrogens is 492 g/mol. The van der Waals surface area contributed by atoms with Gasteiger partial charge in [0.1, 0.15) is 6.04 Å². The molecular formula is C31H49N4O4-. The highest BCUT2D eigenvalue weighted by Crippen LogP contribution is 2.29. The van der Waals surface area contributed by atoms with Gasteiger partial charge >= 0.3 is 0 Å². The topological polar surface area (TPSA) is 119 Å². The zero-order valence-corrected chi connectivity index (χ0v) is 24.6. The van der Waals surface area contributed by atoms with Crippen LogP contribution in [0.5, 0.6) is 0 Å². The van der Waals surface area contributed by atoms with Crippen molar-refractivity contribution in [2.75, 3.05) is 0 Å². The Kier molecular flexibility index (Phi) is 13.8. The summed E-state index contributed by atoms with van der Waals surface area (Å²) in [5.74, 6) is -1.56. The lowest BCUT2D eigenvalue weighted by Crippen LogP contribution is -2.58. The molecule has 1 aliphatic rings. The molecule has 218 valence electrons. The van der Waals surface area contributed by atoms with E-state index in [-0.39, 0.29) is 31.2 Å². The second-order valence-corrected chi connectivity index (χ2v) is 11.7. The molecule has 0 bridgehead atoms. The van der Waals surface area contributed by atoms with Gasteiger partial charge in [-0.25, -0.2) is 0 Å². The van der Waals surface area contributed by atoms with Gasteiger partial charge in [-0.05, 0) is 50.5 Å². The number of carbonyl (C=O) groups excluding carboxylic acids is 3. The Morgan fingerprint density at radius 1 is 1.05 bits per heavy atom. The smallest absolute Gasteiger partial charge is 0.247 e. The molecule has 3 atom stereocenters. The van der Waals surface area contributed by atoms with Gasteiger partial charge in [-0.15, -0.1) is 0 Å². The maximum atomic E-state index is 13.8. The number of nitrogens with zero attached hydrogens (tertiary/aromatic N) is 3. The van der Waals surface area contributed by atoms with Crippen LogP contribution in [0.15, 0.2) is 35.3 Å². The van der Waals surface area contributed by atoms with Gasteiger partial charge in [0.2, 0.25) is 17.7 Å². The Bertz CT molecular complexity index is 928. The van der Waals surface area contributed by atoms with E-state index in [1.54, 1.807) is 6.21 Å². The van der Waals surface area contributed by atoms with Gasteiger partial charge in [0.25, 0.3) is 0 Å². The average Bonchev–Trinajstić information content (AvgIpc) is 2.90. The predicted octanol–water partition coefficient (Wildman–Crippen LogP) is 5.27. The highest BCUT2D eigenvalue weighted by Gasteiger charge is 2.38. The fraction of sp³-hybridized carbons (Fsp3) is 0.677. The summed E-state index contributed by atoms with van der Waals surface area (Å²) < 4.78 is 0. The van der Waals surface area contributed by atoms with Crippen LogP contribution in [0.2, 0.25) is 0 Å². The highest BCUT2D eigenvalue weighted by molar-refractivity contribution is 6.02. The normalized spacial score (nSPS) is 16.8. The zero-order chi connectivity index (χ0) is 28.9. The lowest BCUT2D eigenvalue weighted by molar-refractivity contribution is -0.156. The first-order chi connectivity index (χ1) is 18.5. The largest absolute Gasteiger partial charge is 0.756 e.